The van der Waals surface area contributed by atoms with Crippen LogP contribution in [0.1, 0.15) is 36.9 Å². The smallest absolute Gasteiger partial charge is 0.139 e. The van der Waals surface area contributed by atoms with E-state index in [-0.39, 0.29) is 18.3 Å². The number of nitrogens with two attached hydrogens (primary N) is 2. The largest absolute Gasteiger partial charge is 0.506 e. The van der Waals surface area contributed by atoms with Crippen molar-refractivity contribution in [2.75, 3.05) is 6.54 Å². The Morgan fingerprint density at radius 1 is 1.40 bits per heavy atom. The molecule has 5 N–H and O–H groups in total. The highest BCUT2D eigenvalue weighted by atomic mass is 35.5. The Kier molecular flexibility index (Phi) is 3.97. The van der Waals surface area contributed by atoms with E-state index in [1.54, 1.807) is 6.07 Å². The molecule has 0 bridgehead atoms. The fraction of sp³-hybridized carbons (Fsp3) is 0.455. The lowest BCUT2D eigenvalue weighted by Crippen LogP contribution is -2.21. The second kappa shape index (κ2) is 4.84. The van der Waals surface area contributed by atoms with Gasteiger partial charge in [-0.05, 0) is 17.5 Å². The van der Waals surface area contributed by atoms with E-state index in [0.29, 0.717) is 16.5 Å². The van der Waals surface area contributed by atoms with Crippen LogP contribution in [0.15, 0.2) is 12.1 Å². The van der Waals surface area contributed by atoms with E-state index in [1.165, 1.54) is 0 Å². The zero-order valence-electron chi connectivity index (χ0n) is 9.00. The summed E-state index contributed by atoms with van der Waals surface area (Å²) in [4.78, 5) is 0. The molecule has 0 heterocycles. The minimum Gasteiger partial charge on any atom is -0.506 e. The molecule has 0 radical (unpaired) electrons. The number of phenols is 1. The number of hydrogen-bond donors (Lipinski definition) is 3. The third kappa shape index (κ3) is 2.62. The Labute approximate surface area is 95.0 Å². The molecule has 0 amide bonds. The molecule has 4 heteroatoms. The van der Waals surface area contributed by atoms with Gasteiger partial charge in [-0.15, -0.1) is 0 Å². The molecule has 0 spiro atoms. The summed E-state index contributed by atoms with van der Waals surface area (Å²) in [5.41, 5.74) is 12.9. The van der Waals surface area contributed by atoms with Crippen LogP contribution in [0.4, 0.5) is 0 Å². The van der Waals surface area contributed by atoms with Crippen molar-refractivity contribution >= 4 is 11.6 Å². The zero-order valence-corrected chi connectivity index (χ0v) is 9.75. The topological polar surface area (TPSA) is 72.3 Å². The molecule has 3 nitrogen and oxygen atoms in total. The third-order valence-electron chi connectivity index (χ3n) is 2.44. The molecule has 1 atom stereocenters. The second-order valence-corrected chi connectivity index (χ2v) is 4.34. The molecule has 1 aromatic carbocycles. The summed E-state index contributed by atoms with van der Waals surface area (Å²) >= 11 is 5.92. The van der Waals surface area contributed by atoms with Gasteiger partial charge in [0.2, 0.25) is 0 Å². The first-order valence-electron chi connectivity index (χ1n) is 4.95. The third-order valence-corrected chi connectivity index (χ3v) is 2.72. The van der Waals surface area contributed by atoms with Gasteiger partial charge in [0.1, 0.15) is 5.75 Å². The molecule has 0 unspecified atom stereocenters. The lowest BCUT2D eigenvalue weighted by molar-refractivity contribution is 0.461. The van der Waals surface area contributed by atoms with Crippen molar-refractivity contribution in [2.45, 2.75) is 25.8 Å². The van der Waals surface area contributed by atoms with Gasteiger partial charge in [-0.3, -0.25) is 0 Å². The van der Waals surface area contributed by atoms with Gasteiger partial charge in [-0.2, -0.15) is 0 Å². The second-order valence-electron chi connectivity index (χ2n) is 3.94. The molecular formula is C11H17ClN2O. The first-order valence-corrected chi connectivity index (χ1v) is 5.33. The van der Waals surface area contributed by atoms with Crippen LogP contribution in [0.3, 0.4) is 0 Å². The van der Waals surface area contributed by atoms with Crippen LogP contribution >= 0.6 is 11.6 Å². The van der Waals surface area contributed by atoms with Crippen molar-refractivity contribution in [1.82, 2.24) is 0 Å². The van der Waals surface area contributed by atoms with Gasteiger partial charge in [0.15, 0.2) is 0 Å². The van der Waals surface area contributed by atoms with E-state index in [9.17, 15) is 5.11 Å². The van der Waals surface area contributed by atoms with Gasteiger partial charge in [-0.1, -0.05) is 31.5 Å². The quantitative estimate of drug-likeness (QED) is 0.742. The SMILES string of the molecule is CC(C)c1cc(Cl)c(O)c([C@H](N)CN)c1. The van der Waals surface area contributed by atoms with Crippen LogP contribution < -0.4 is 11.5 Å². The summed E-state index contributed by atoms with van der Waals surface area (Å²) in [6, 6.07) is 3.25. The first-order chi connectivity index (χ1) is 6.97. The van der Waals surface area contributed by atoms with Crippen molar-refractivity contribution in [3.05, 3.63) is 28.3 Å². The highest BCUT2D eigenvalue weighted by molar-refractivity contribution is 6.32. The number of halogens is 1. The highest BCUT2D eigenvalue weighted by Gasteiger charge is 2.14. The van der Waals surface area contributed by atoms with Gasteiger partial charge < -0.3 is 16.6 Å². The molecule has 0 aliphatic carbocycles. The lowest BCUT2D eigenvalue weighted by atomic mass is 9.97. The molecule has 0 aliphatic heterocycles. The summed E-state index contributed by atoms with van der Waals surface area (Å²) < 4.78 is 0. The standard InChI is InChI=1S/C11H17ClN2O/c1-6(2)7-3-8(10(14)5-13)11(15)9(12)4-7/h3-4,6,10,15H,5,13-14H2,1-2H3/t10-/m1/s1. The Bertz CT molecular complexity index is 353. The normalized spacial score (nSPS) is 13.2. The fourth-order valence-electron chi connectivity index (χ4n) is 1.39. The van der Waals surface area contributed by atoms with Crippen molar-refractivity contribution in [1.29, 1.82) is 0 Å². The Morgan fingerprint density at radius 3 is 2.47 bits per heavy atom. The maximum Gasteiger partial charge on any atom is 0.139 e. The van der Waals surface area contributed by atoms with Crippen LogP contribution in [-0.4, -0.2) is 11.7 Å². The predicted octanol–water partition coefficient (Wildman–Crippen LogP) is 2.13. The highest BCUT2D eigenvalue weighted by Crippen LogP contribution is 2.34. The molecule has 84 valence electrons. The molecular weight excluding hydrogens is 212 g/mol. The Hall–Kier alpha value is -0.770. The van der Waals surface area contributed by atoms with Crippen molar-refractivity contribution in [3.8, 4) is 5.75 Å². The minimum atomic E-state index is -0.374. The van der Waals surface area contributed by atoms with Crippen LogP contribution in [0, 0.1) is 0 Å². The summed E-state index contributed by atoms with van der Waals surface area (Å²) in [6.45, 7) is 4.40. The van der Waals surface area contributed by atoms with Gasteiger partial charge in [0, 0.05) is 18.2 Å². The number of rotatable bonds is 3. The molecule has 0 aliphatic rings. The summed E-state index contributed by atoms with van der Waals surface area (Å²) in [5, 5.41) is 10.1. The van der Waals surface area contributed by atoms with Gasteiger partial charge in [-0.25, -0.2) is 0 Å². The lowest BCUT2D eigenvalue weighted by Gasteiger charge is -2.16. The number of aromatic hydroxyl groups is 1. The van der Waals surface area contributed by atoms with Crippen LogP contribution in [0.5, 0.6) is 5.75 Å². The Balaban J connectivity index is 3.25. The minimum absolute atomic E-state index is 0.0408. The van der Waals surface area contributed by atoms with Crippen LogP contribution in [0.2, 0.25) is 5.02 Å². The molecule has 15 heavy (non-hydrogen) atoms. The maximum atomic E-state index is 9.74. The van der Waals surface area contributed by atoms with E-state index in [0.717, 1.165) is 5.56 Å². The maximum absolute atomic E-state index is 9.74. The molecule has 0 aromatic heterocycles. The van der Waals surface area contributed by atoms with E-state index in [4.69, 9.17) is 23.1 Å². The van der Waals surface area contributed by atoms with Crippen LogP contribution in [0.25, 0.3) is 0 Å². The predicted molar refractivity (Wildman–Crippen MR) is 63.2 cm³/mol. The van der Waals surface area contributed by atoms with E-state index in [1.807, 2.05) is 6.07 Å². The number of phenolic OH excluding ortho intramolecular Hbond substituents is 1. The molecule has 0 fully saturated rings. The summed E-state index contributed by atoms with van der Waals surface area (Å²) in [5.74, 6) is 0.380. The Morgan fingerprint density at radius 2 is 2.00 bits per heavy atom. The van der Waals surface area contributed by atoms with E-state index >= 15 is 0 Å². The summed E-state index contributed by atoms with van der Waals surface area (Å²) in [7, 11) is 0. The number of hydrogen-bond acceptors (Lipinski definition) is 3. The van der Waals surface area contributed by atoms with Crippen molar-refractivity contribution < 1.29 is 5.11 Å². The fourth-order valence-corrected chi connectivity index (χ4v) is 1.62. The van der Waals surface area contributed by atoms with E-state index < -0.39 is 0 Å². The van der Waals surface area contributed by atoms with Crippen LogP contribution in [-0.2, 0) is 0 Å². The summed E-state index contributed by atoms with van der Waals surface area (Å²) in [6.07, 6.45) is 0. The average Bonchev–Trinajstić information content (AvgIpc) is 2.20. The van der Waals surface area contributed by atoms with Crippen molar-refractivity contribution in [3.63, 3.8) is 0 Å². The monoisotopic (exact) mass is 228 g/mol. The molecule has 1 aromatic rings. The van der Waals surface area contributed by atoms with Gasteiger partial charge in [0.25, 0.3) is 0 Å². The number of benzene rings is 1. The first kappa shape index (κ1) is 12.3. The van der Waals surface area contributed by atoms with Gasteiger partial charge >= 0.3 is 0 Å². The molecule has 0 saturated carbocycles. The van der Waals surface area contributed by atoms with Crippen molar-refractivity contribution in [2.24, 2.45) is 11.5 Å². The molecule has 1 rings (SSSR count). The average molecular weight is 229 g/mol. The van der Waals surface area contributed by atoms with Gasteiger partial charge in [0.05, 0.1) is 5.02 Å². The van der Waals surface area contributed by atoms with E-state index in [2.05, 4.69) is 13.8 Å². The zero-order chi connectivity index (χ0) is 11.6. The molecule has 0 saturated heterocycles.